The Kier molecular flexibility index (Phi) is 5.79. The standard InChI is InChI=1S/C14H27N5/c1-3-7-19-14(16-12-17-19)11-15-10-13(2)18-8-5-4-6-9-18/h12-13,15H,3-11H2,1-2H3. The molecule has 0 bridgehead atoms. The predicted octanol–water partition coefficient (Wildman–Crippen LogP) is 1.65. The van der Waals surface area contributed by atoms with Crippen LogP contribution in [0.2, 0.25) is 0 Å². The zero-order valence-corrected chi connectivity index (χ0v) is 12.3. The average molecular weight is 265 g/mol. The molecule has 5 heteroatoms. The Morgan fingerprint density at radius 3 is 2.84 bits per heavy atom. The van der Waals surface area contributed by atoms with Crippen LogP contribution in [0.3, 0.4) is 0 Å². The van der Waals surface area contributed by atoms with Crippen LogP contribution < -0.4 is 5.32 Å². The molecule has 1 aromatic rings. The van der Waals surface area contributed by atoms with Crippen molar-refractivity contribution in [2.45, 2.75) is 58.7 Å². The largest absolute Gasteiger partial charge is 0.308 e. The van der Waals surface area contributed by atoms with Crippen LogP contribution in [0.25, 0.3) is 0 Å². The van der Waals surface area contributed by atoms with Crippen molar-refractivity contribution in [3.8, 4) is 0 Å². The van der Waals surface area contributed by atoms with E-state index in [0.29, 0.717) is 6.04 Å². The van der Waals surface area contributed by atoms with E-state index < -0.39 is 0 Å². The number of likely N-dealkylation sites (tertiary alicyclic amines) is 1. The van der Waals surface area contributed by atoms with E-state index in [1.54, 1.807) is 6.33 Å². The van der Waals surface area contributed by atoms with Crippen molar-refractivity contribution in [2.75, 3.05) is 19.6 Å². The Morgan fingerprint density at radius 2 is 2.11 bits per heavy atom. The third-order valence-electron chi connectivity index (χ3n) is 3.87. The monoisotopic (exact) mass is 265 g/mol. The van der Waals surface area contributed by atoms with Gasteiger partial charge in [-0.05, 0) is 39.3 Å². The number of aromatic nitrogens is 3. The van der Waals surface area contributed by atoms with Crippen molar-refractivity contribution >= 4 is 0 Å². The number of piperidine rings is 1. The van der Waals surface area contributed by atoms with Gasteiger partial charge in [0.15, 0.2) is 0 Å². The van der Waals surface area contributed by atoms with Gasteiger partial charge in [0.05, 0.1) is 6.54 Å². The second-order valence-electron chi connectivity index (χ2n) is 5.48. The van der Waals surface area contributed by atoms with Gasteiger partial charge >= 0.3 is 0 Å². The van der Waals surface area contributed by atoms with Crippen molar-refractivity contribution in [1.82, 2.24) is 25.0 Å². The van der Waals surface area contributed by atoms with Crippen molar-refractivity contribution in [3.63, 3.8) is 0 Å². The van der Waals surface area contributed by atoms with Crippen LogP contribution in [-0.4, -0.2) is 45.3 Å². The zero-order valence-electron chi connectivity index (χ0n) is 12.3. The third-order valence-corrected chi connectivity index (χ3v) is 3.87. The minimum Gasteiger partial charge on any atom is -0.308 e. The maximum absolute atomic E-state index is 4.32. The fourth-order valence-electron chi connectivity index (χ4n) is 2.70. The average Bonchev–Trinajstić information content (AvgIpc) is 2.88. The van der Waals surface area contributed by atoms with E-state index >= 15 is 0 Å². The molecule has 1 saturated heterocycles. The molecule has 1 aliphatic heterocycles. The van der Waals surface area contributed by atoms with Crippen molar-refractivity contribution in [2.24, 2.45) is 0 Å². The zero-order chi connectivity index (χ0) is 13.5. The minimum absolute atomic E-state index is 0.614. The molecule has 19 heavy (non-hydrogen) atoms. The molecule has 108 valence electrons. The summed E-state index contributed by atoms with van der Waals surface area (Å²) >= 11 is 0. The number of hydrogen-bond acceptors (Lipinski definition) is 4. The second kappa shape index (κ2) is 7.60. The molecule has 1 atom stereocenters. The van der Waals surface area contributed by atoms with Crippen LogP contribution in [0, 0.1) is 0 Å². The van der Waals surface area contributed by atoms with Gasteiger partial charge in [0.1, 0.15) is 12.2 Å². The minimum atomic E-state index is 0.614. The van der Waals surface area contributed by atoms with E-state index in [-0.39, 0.29) is 0 Å². The Morgan fingerprint density at radius 1 is 1.32 bits per heavy atom. The van der Waals surface area contributed by atoms with Gasteiger partial charge in [-0.25, -0.2) is 9.67 Å². The Bertz CT molecular complexity index is 356. The molecule has 5 nitrogen and oxygen atoms in total. The lowest BCUT2D eigenvalue weighted by Crippen LogP contribution is -2.43. The van der Waals surface area contributed by atoms with Gasteiger partial charge in [0, 0.05) is 19.1 Å². The summed E-state index contributed by atoms with van der Waals surface area (Å²) in [5.74, 6) is 1.05. The molecule has 1 N–H and O–H groups in total. The molecule has 0 aliphatic carbocycles. The molecule has 0 amide bonds. The summed E-state index contributed by atoms with van der Waals surface area (Å²) in [4.78, 5) is 6.91. The van der Waals surface area contributed by atoms with Gasteiger partial charge in [0.2, 0.25) is 0 Å². The lowest BCUT2D eigenvalue weighted by molar-refractivity contribution is 0.170. The molecule has 0 spiro atoms. The van der Waals surface area contributed by atoms with Gasteiger partial charge in [-0.3, -0.25) is 4.90 Å². The van der Waals surface area contributed by atoms with E-state index in [0.717, 1.165) is 31.9 Å². The van der Waals surface area contributed by atoms with Crippen LogP contribution in [0.1, 0.15) is 45.4 Å². The molecule has 1 aromatic heterocycles. The van der Waals surface area contributed by atoms with E-state index in [1.165, 1.54) is 32.4 Å². The van der Waals surface area contributed by atoms with Crippen molar-refractivity contribution in [3.05, 3.63) is 12.2 Å². The SMILES string of the molecule is CCCn1ncnc1CNCC(C)N1CCCCC1. The van der Waals surface area contributed by atoms with Gasteiger partial charge in [-0.2, -0.15) is 5.10 Å². The Labute approximate surface area is 116 Å². The number of aryl methyl sites for hydroxylation is 1. The molecule has 2 rings (SSSR count). The Hall–Kier alpha value is -0.940. The molecule has 0 aromatic carbocycles. The predicted molar refractivity (Wildman–Crippen MR) is 76.9 cm³/mol. The summed E-state index contributed by atoms with van der Waals surface area (Å²) in [6.45, 7) is 9.80. The van der Waals surface area contributed by atoms with Crippen LogP contribution >= 0.6 is 0 Å². The molecule has 1 aliphatic rings. The lowest BCUT2D eigenvalue weighted by atomic mass is 10.1. The molecule has 2 heterocycles. The maximum Gasteiger partial charge on any atom is 0.140 e. The fraction of sp³-hybridized carbons (Fsp3) is 0.857. The van der Waals surface area contributed by atoms with E-state index in [4.69, 9.17) is 0 Å². The first-order chi connectivity index (χ1) is 9.31. The number of nitrogens with one attached hydrogen (secondary N) is 1. The van der Waals surface area contributed by atoms with Gasteiger partial charge < -0.3 is 5.32 Å². The summed E-state index contributed by atoms with van der Waals surface area (Å²) < 4.78 is 2.00. The molecule has 0 saturated carbocycles. The van der Waals surface area contributed by atoms with E-state index in [1.807, 2.05) is 4.68 Å². The summed E-state index contributed by atoms with van der Waals surface area (Å²) in [6.07, 6.45) is 6.86. The molecular formula is C14H27N5. The molecule has 1 unspecified atom stereocenters. The topological polar surface area (TPSA) is 46.0 Å². The van der Waals surface area contributed by atoms with Gasteiger partial charge in [-0.15, -0.1) is 0 Å². The summed E-state index contributed by atoms with van der Waals surface area (Å²) in [6, 6.07) is 0.614. The van der Waals surface area contributed by atoms with E-state index in [2.05, 4.69) is 34.1 Å². The smallest absolute Gasteiger partial charge is 0.140 e. The van der Waals surface area contributed by atoms with Gasteiger partial charge in [-0.1, -0.05) is 13.3 Å². The highest BCUT2D eigenvalue weighted by atomic mass is 15.3. The summed E-state index contributed by atoms with van der Waals surface area (Å²) in [7, 11) is 0. The second-order valence-corrected chi connectivity index (χ2v) is 5.48. The first-order valence-corrected chi connectivity index (χ1v) is 7.62. The maximum atomic E-state index is 4.32. The molecule has 0 radical (unpaired) electrons. The quantitative estimate of drug-likeness (QED) is 0.814. The van der Waals surface area contributed by atoms with Crippen LogP contribution in [0.15, 0.2) is 6.33 Å². The van der Waals surface area contributed by atoms with Crippen molar-refractivity contribution in [1.29, 1.82) is 0 Å². The van der Waals surface area contributed by atoms with E-state index in [9.17, 15) is 0 Å². The number of rotatable bonds is 7. The van der Waals surface area contributed by atoms with Crippen LogP contribution in [0.4, 0.5) is 0 Å². The van der Waals surface area contributed by atoms with Crippen LogP contribution in [-0.2, 0) is 13.1 Å². The molecule has 1 fully saturated rings. The fourth-order valence-corrected chi connectivity index (χ4v) is 2.70. The Balaban J connectivity index is 1.71. The molecular weight excluding hydrogens is 238 g/mol. The van der Waals surface area contributed by atoms with Gasteiger partial charge in [0.25, 0.3) is 0 Å². The first kappa shape index (κ1) is 14.5. The summed E-state index contributed by atoms with van der Waals surface area (Å²) in [5.41, 5.74) is 0. The van der Waals surface area contributed by atoms with Crippen molar-refractivity contribution < 1.29 is 0 Å². The first-order valence-electron chi connectivity index (χ1n) is 7.62. The number of hydrogen-bond donors (Lipinski definition) is 1. The highest BCUT2D eigenvalue weighted by Gasteiger charge is 2.16. The third kappa shape index (κ3) is 4.28. The number of nitrogens with zero attached hydrogens (tertiary/aromatic N) is 4. The highest BCUT2D eigenvalue weighted by Crippen LogP contribution is 2.11. The lowest BCUT2D eigenvalue weighted by Gasteiger charge is -2.32. The van der Waals surface area contributed by atoms with Crippen LogP contribution in [0.5, 0.6) is 0 Å². The highest BCUT2D eigenvalue weighted by molar-refractivity contribution is 4.84. The normalized spacial score (nSPS) is 18.6. The summed E-state index contributed by atoms with van der Waals surface area (Å²) in [5, 5.41) is 7.77.